The maximum atomic E-state index is 10.3. The van der Waals surface area contributed by atoms with Gasteiger partial charge in [0.05, 0.1) is 38.0 Å². The molecule has 0 saturated carbocycles. The van der Waals surface area contributed by atoms with Gasteiger partial charge in [0.1, 0.15) is 0 Å². The molecule has 6 heteroatoms. The highest BCUT2D eigenvalue weighted by Gasteiger charge is 2.28. The van der Waals surface area contributed by atoms with Crippen molar-refractivity contribution in [2.75, 3.05) is 26.4 Å². The zero-order chi connectivity index (χ0) is 17.0. The van der Waals surface area contributed by atoms with Gasteiger partial charge in [-0.15, -0.1) is 0 Å². The normalized spacial score (nSPS) is 13.7. The van der Waals surface area contributed by atoms with E-state index in [2.05, 4.69) is 22.9 Å². The summed E-state index contributed by atoms with van der Waals surface area (Å²) in [6, 6.07) is 8.05. The number of aliphatic hydroxyl groups excluding tert-OH is 4. The molecule has 0 amide bonds. The average Bonchev–Trinajstić information content (AvgIpc) is 2.82. The van der Waals surface area contributed by atoms with Gasteiger partial charge in [-0.05, 0) is 25.5 Å². The maximum absolute atomic E-state index is 10.3. The van der Waals surface area contributed by atoms with E-state index in [4.69, 9.17) is 0 Å². The molecule has 0 saturated heterocycles. The van der Waals surface area contributed by atoms with Crippen molar-refractivity contribution >= 4 is 10.9 Å². The Morgan fingerprint density at radius 3 is 2.30 bits per heavy atom. The Bertz CT molecular complexity index is 641. The monoisotopic (exact) mass is 322 g/mol. The zero-order valence-electron chi connectivity index (χ0n) is 13.7. The Kier molecular flexibility index (Phi) is 5.78. The van der Waals surface area contributed by atoms with Gasteiger partial charge in [-0.1, -0.05) is 18.2 Å². The second-order valence-corrected chi connectivity index (χ2v) is 6.13. The van der Waals surface area contributed by atoms with E-state index in [1.165, 1.54) is 10.9 Å². The Balaban J connectivity index is 2.12. The summed E-state index contributed by atoms with van der Waals surface area (Å²) in [6.07, 6.45) is -0.715. The van der Waals surface area contributed by atoms with Crippen LogP contribution in [-0.2, 0) is 6.54 Å². The van der Waals surface area contributed by atoms with E-state index < -0.39 is 31.5 Å². The zero-order valence-corrected chi connectivity index (χ0v) is 13.7. The first kappa shape index (κ1) is 17.9. The highest BCUT2D eigenvalue weighted by Crippen LogP contribution is 2.25. The molecule has 0 aliphatic carbocycles. The number of aromatic nitrogens is 1. The van der Waals surface area contributed by atoms with Gasteiger partial charge in [0.15, 0.2) is 0 Å². The van der Waals surface area contributed by atoms with E-state index in [1.54, 1.807) is 0 Å². The number of aliphatic hydroxyl groups is 4. The Morgan fingerprint density at radius 1 is 1.09 bits per heavy atom. The van der Waals surface area contributed by atoms with Crippen LogP contribution in [0.25, 0.3) is 10.9 Å². The molecule has 128 valence electrons. The van der Waals surface area contributed by atoms with Crippen LogP contribution < -0.4 is 5.32 Å². The van der Waals surface area contributed by atoms with Crippen LogP contribution in [0.15, 0.2) is 24.3 Å². The van der Waals surface area contributed by atoms with E-state index in [1.807, 2.05) is 25.1 Å². The summed E-state index contributed by atoms with van der Waals surface area (Å²) in [5, 5.41) is 42.2. The minimum Gasteiger partial charge on any atom is -0.394 e. The molecule has 1 aromatic carbocycles. The summed E-state index contributed by atoms with van der Waals surface area (Å²) < 4.78 is 2.07. The van der Waals surface area contributed by atoms with Crippen molar-refractivity contribution < 1.29 is 20.4 Å². The highest BCUT2D eigenvalue weighted by molar-refractivity contribution is 5.85. The number of β-amino-alcohol motifs (C(OH)–C–C–N with tert-alkyl or cyclic N) is 1. The third-order valence-corrected chi connectivity index (χ3v) is 4.56. The van der Waals surface area contributed by atoms with E-state index in [-0.39, 0.29) is 6.54 Å². The van der Waals surface area contributed by atoms with Crippen molar-refractivity contribution in [2.45, 2.75) is 32.0 Å². The van der Waals surface area contributed by atoms with E-state index in [9.17, 15) is 20.4 Å². The molecule has 1 heterocycles. The first-order valence-electron chi connectivity index (χ1n) is 7.78. The predicted octanol–water partition coefficient (Wildman–Crippen LogP) is -0.0757. The molecule has 0 fully saturated rings. The van der Waals surface area contributed by atoms with E-state index >= 15 is 0 Å². The quantitative estimate of drug-likeness (QED) is 0.468. The SMILES string of the molecule is Cc1c(C)n(C[C@@H](O)CNC(CO)(CO)CO)c2ccccc12. The van der Waals surface area contributed by atoms with Gasteiger partial charge in [-0.25, -0.2) is 0 Å². The molecule has 0 unspecified atom stereocenters. The molecular weight excluding hydrogens is 296 g/mol. The van der Waals surface area contributed by atoms with Crippen LogP contribution in [0.5, 0.6) is 0 Å². The summed E-state index contributed by atoms with van der Waals surface area (Å²) in [6.45, 7) is 3.42. The number of hydrogen-bond acceptors (Lipinski definition) is 5. The fourth-order valence-electron chi connectivity index (χ4n) is 2.77. The molecule has 0 aliphatic rings. The second-order valence-electron chi connectivity index (χ2n) is 6.13. The van der Waals surface area contributed by atoms with Gasteiger partial charge < -0.3 is 30.3 Å². The highest BCUT2D eigenvalue weighted by atomic mass is 16.3. The van der Waals surface area contributed by atoms with E-state index in [0.717, 1.165) is 11.2 Å². The topological polar surface area (TPSA) is 97.9 Å². The van der Waals surface area contributed by atoms with Crippen molar-refractivity contribution in [1.82, 2.24) is 9.88 Å². The number of para-hydroxylation sites is 1. The summed E-state index contributed by atoms with van der Waals surface area (Å²) in [5.74, 6) is 0. The molecule has 1 aromatic heterocycles. The van der Waals surface area contributed by atoms with Gasteiger partial charge >= 0.3 is 0 Å². The molecule has 0 radical (unpaired) electrons. The van der Waals surface area contributed by atoms with Crippen LogP contribution in [-0.4, -0.2) is 63.0 Å². The largest absolute Gasteiger partial charge is 0.394 e. The fraction of sp³-hybridized carbons (Fsp3) is 0.529. The smallest absolute Gasteiger partial charge is 0.0882 e. The Labute approximate surface area is 136 Å². The lowest BCUT2D eigenvalue weighted by Crippen LogP contribution is -2.56. The minimum absolute atomic E-state index is 0.159. The lowest BCUT2D eigenvalue weighted by atomic mass is 10.0. The maximum Gasteiger partial charge on any atom is 0.0882 e. The fourth-order valence-corrected chi connectivity index (χ4v) is 2.77. The third kappa shape index (κ3) is 3.57. The molecule has 23 heavy (non-hydrogen) atoms. The number of benzene rings is 1. The van der Waals surface area contributed by atoms with Gasteiger partial charge in [-0.3, -0.25) is 0 Å². The number of nitrogens with zero attached hydrogens (tertiary/aromatic N) is 1. The predicted molar refractivity (Wildman–Crippen MR) is 89.4 cm³/mol. The lowest BCUT2D eigenvalue weighted by Gasteiger charge is -2.30. The number of hydrogen-bond donors (Lipinski definition) is 5. The van der Waals surface area contributed by atoms with Gasteiger partial charge in [-0.2, -0.15) is 0 Å². The summed E-state index contributed by atoms with van der Waals surface area (Å²) >= 11 is 0. The molecule has 6 nitrogen and oxygen atoms in total. The van der Waals surface area contributed by atoms with Crippen molar-refractivity contribution in [3.8, 4) is 0 Å². The number of aryl methyl sites for hydroxylation is 1. The minimum atomic E-state index is -1.18. The van der Waals surface area contributed by atoms with Crippen molar-refractivity contribution in [1.29, 1.82) is 0 Å². The molecule has 0 aliphatic heterocycles. The lowest BCUT2D eigenvalue weighted by molar-refractivity contribution is 0.0306. The van der Waals surface area contributed by atoms with Crippen LogP contribution in [0.4, 0.5) is 0 Å². The molecule has 0 spiro atoms. The Hall–Kier alpha value is -1.44. The van der Waals surface area contributed by atoms with Gasteiger partial charge in [0.25, 0.3) is 0 Å². The van der Waals surface area contributed by atoms with Crippen LogP contribution in [0.2, 0.25) is 0 Å². The van der Waals surface area contributed by atoms with Crippen molar-refractivity contribution in [3.05, 3.63) is 35.5 Å². The molecule has 2 aromatic rings. The van der Waals surface area contributed by atoms with Gasteiger partial charge in [0.2, 0.25) is 0 Å². The van der Waals surface area contributed by atoms with Crippen LogP contribution in [0.1, 0.15) is 11.3 Å². The first-order chi connectivity index (χ1) is 11.0. The van der Waals surface area contributed by atoms with Gasteiger partial charge in [0, 0.05) is 23.1 Å². The summed E-state index contributed by atoms with van der Waals surface area (Å²) in [4.78, 5) is 0. The summed E-state index contributed by atoms with van der Waals surface area (Å²) in [7, 11) is 0. The second kappa shape index (κ2) is 7.42. The number of nitrogens with one attached hydrogen (secondary N) is 1. The number of fused-ring (bicyclic) bond motifs is 1. The first-order valence-corrected chi connectivity index (χ1v) is 7.78. The van der Waals surface area contributed by atoms with Crippen LogP contribution in [0.3, 0.4) is 0 Å². The Morgan fingerprint density at radius 2 is 1.70 bits per heavy atom. The van der Waals surface area contributed by atoms with Crippen molar-refractivity contribution in [3.63, 3.8) is 0 Å². The standard InChI is InChI=1S/C17H26N2O4/c1-12-13(2)19(16-6-4-3-5-15(12)16)8-14(23)7-18-17(9-20,10-21)11-22/h3-6,14,18,20-23H,7-11H2,1-2H3/t14-/m0/s1. The van der Waals surface area contributed by atoms with E-state index in [0.29, 0.717) is 6.54 Å². The summed E-state index contributed by atoms with van der Waals surface area (Å²) in [5.41, 5.74) is 2.18. The molecule has 2 rings (SSSR count). The molecule has 5 N–H and O–H groups in total. The average molecular weight is 322 g/mol. The molecule has 1 atom stereocenters. The molecular formula is C17H26N2O4. The van der Waals surface area contributed by atoms with Crippen LogP contribution in [0, 0.1) is 13.8 Å². The number of rotatable bonds is 8. The third-order valence-electron chi connectivity index (χ3n) is 4.56. The van der Waals surface area contributed by atoms with Crippen LogP contribution >= 0.6 is 0 Å². The van der Waals surface area contributed by atoms with Crippen molar-refractivity contribution in [2.24, 2.45) is 0 Å². The molecule has 0 bridgehead atoms.